The van der Waals surface area contributed by atoms with E-state index in [4.69, 9.17) is 10.8 Å². The van der Waals surface area contributed by atoms with Gasteiger partial charge in [-0.05, 0) is 5.56 Å². The lowest BCUT2D eigenvalue weighted by molar-refractivity contribution is 0.277. The smallest absolute Gasteiger partial charge is 0.222 e. The summed E-state index contributed by atoms with van der Waals surface area (Å²) in [5.74, 6) is 0.175. The third-order valence-electron chi connectivity index (χ3n) is 2.92. The number of benzene rings is 1. The van der Waals surface area contributed by atoms with Gasteiger partial charge in [-0.25, -0.2) is 15.0 Å². The predicted octanol–water partition coefficient (Wildman–Crippen LogP) is 1.09. The van der Waals surface area contributed by atoms with Crippen molar-refractivity contribution in [1.29, 1.82) is 0 Å². The normalized spacial score (nSPS) is 10.8. The van der Waals surface area contributed by atoms with Gasteiger partial charge >= 0.3 is 0 Å². The number of nitrogen functional groups attached to an aromatic ring is 1. The van der Waals surface area contributed by atoms with Crippen LogP contribution < -0.4 is 5.73 Å². The molecule has 0 atom stereocenters. The largest absolute Gasteiger partial charge is 0.390 e. The molecule has 0 fully saturated rings. The van der Waals surface area contributed by atoms with Gasteiger partial charge in [0.05, 0.1) is 24.2 Å². The highest BCUT2D eigenvalue weighted by atomic mass is 16.3. The summed E-state index contributed by atoms with van der Waals surface area (Å²) in [7, 11) is 0. The molecular formula is C14H13N5O. The van der Waals surface area contributed by atoms with Crippen molar-refractivity contribution >= 4 is 17.1 Å². The predicted molar refractivity (Wildman–Crippen MR) is 74.7 cm³/mol. The van der Waals surface area contributed by atoms with Crippen molar-refractivity contribution in [3.8, 4) is 0 Å². The average Bonchev–Trinajstić information content (AvgIpc) is 2.48. The Morgan fingerprint density at radius 2 is 1.85 bits per heavy atom. The van der Waals surface area contributed by atoms with Crippen LogP contribution >= 0.6 is 0 Å². The van der Waals surface area contributed by atoms with Gasteiger partial charge in [0, 0.05) is 6.42 Å². The minimum absolute atomic E-state index is 0.169. The molecule has 0 aliphatic carbocycles. The number of aliphatic hydroxyl groups is 1. The van der Waals surface area contributed by atoms with Crippen LogP contribution in [0.15, 0.2) is 36.5 Å². The van der Waals surface area contributed by atoms with Gasteiger partial charge in [-0.2, -0.15) is 4.98 Å². The van der Waals surface area contributed by atoms with Crippen molar-refractivity contribution in [1.82, 2.24) is 19.9 Å². The topological polar surface area (TPSA) is 97.8 Å². The van der Waals surface area contributed by atoms with E-state index in [1.165, 1.54) is 6.20 Å². The summed E-state index contributed by atoms with van der Waals surface area (Å²) in [5.41, 5.74) is 9.03. The first kappa shape index (κ1) is 12.4. The highest BCUT2D eigenvalue weighted by Gasteiger charge is 2.10. The lowest BCUT2D eigenvalue weighted by Crippen LogP contribution is -2.05. The average molecular weight is 267 g/mol. The summed E-state index contributed by atoms with van der Waals surface area (Å²) >= 11 is 0. The minimum Gasteiger partial charge on any atom is -0.390 e. The summed E-state index contributed by atoms with van der Waals surface area (Å²) in [4.78, 5) is 16.8. The molecule has 20 heavy (non-hydrogen) atoms. The van der Waals surface area contributed by atoms with Gasteiger partial charge < -0.3 is 10.8 Å². The number of nitrogens with zero attached hydrogens (tertiary/aromatic N) is 4. The van der Waals surface area contributed by atoms with Gasteiger partial charge in [0.15, 0.2) is 5.65 Å². The Morgan fingerprint density at radius 3 is 2.60 bits per heavy atom. The molecule has 6 heteroatoms. The Balaban J connectivity index is 2.12. The molecule has 2 heterocycles. The standard InChI is InChI=1S/C14H13N5O/c15-14-18-11(6-9-4-2-1-3-5-9)12-13(19-14)16-7-10(8-20)17-12/h1-5,7,20H,6,8H2,(H2,15,16,18,19). The fraction of sp³-hybridized carbons (Fsp3) is 0.143. The number of aliphatic hydroxyl groups excluding tert-OH is 1. The molecule has 0 aliphatic rings. The highest BCUT2D eigenvalue weighted by molar-refractivity contribution is 5.74. The van der Waals surface area contributed by atoms with Crippen LogP contribution in [0.3, 0.4) is 0 Å². The van der Waals surface area contributed by atoms with Crippen molar-refractivity contribution < 1.29 is 5.11 Å². The number of anilines is 1. The van der Waals surface area contributed by atoms with Gasteiger partial charge in [0.1, 0.15) is 5.52 Å². The van der Waals surface area contributed by atoms with Crippen molar-refractivity contribution in [3.05, 3.63) is 53.5 Å². The van der Waals surface area contributed by atoms with E-state index < -0.39 is 0 Å². The summed E-state index contributed by atoms with van der Waals surface area (Å²) < 4.78 is 0. The van der Waals surface area contributed by atoms with Gasteiger partial charge in [-0.3, -0.25) is 0 Å². The Bertz CT molecular complexity index is 745. The summed E-state index contributed by atoms with van der Waals surface area (Å²) in [5, 5.41) is 9.16. The van der Waals surface area contributed by atoms with Crippen molar-refractivity contribution in [3.63, 3.8) is 0 Å². The first-order chi connectivity index (χ1) is 9.76. The van der Waals surface area contributed by atoms with Crippen LogP contribution in [0.2, 0.25) is 0 Å². The molecule has 0 saturated heterocycles. The Hall–Kier alpha value is -2.60. The van der Waals surface area contributed by atoms with Crippen LogP contribution in [0.5, 0.6) is 0 Å². The molecule has 0 spiro atoms. The maximum absolute atomic E-state index is 9.16. The Labute approximate surface area is 115 Å². The first-order valence-electron chi connectivity index (χ1n) is 6.19. The van der Waals surface area contributed by atoms with E-state index in [9.17, 15) is 0 Å². The second kappa shape index (κ2) is 5.18. The third kappa shape index (κ3) is 2.41. The van der Waals surface area contributed by atoms with Crippen LogP contribution in [0.25, 0.3) is 11.2 Å². The van der Waals surface area contributed by atoms with Crippen LogP contribution in [0, 0.1) is 0 Å². The molecule has 100 valence electrons. The van der Waals surface area contributed by atoms with Gasteiger partial charge in [-0.15, -0.1) is 0 Å². The maximum Gasteiger partial charge on any atom is 0.222 e. The molecule has 6 nitrogen and oxygen atoms in total. The zero-order valence-corrected chi connectivity index (χ0v) is 10.7. The first-order valence-corrected chi connectivity index (χ1v) is 6.19. The Kier molecular flexibility index (Phi) is 3.22. The molecule has 0 unspecified atom stereocenters. The number of hydrogen-bond donors (Lipinski definition) is 2. The maximum atomic E-state index is 9.16. The van der Waals surface area contributed by atoms with E-state index in [0.29, 0.717) is 29.0 Å². The van der Waals surface area contributed by atoms with E-state index in [-0.39, 0.29) is 12.6 Å². The minimum atomic E-state index is -0.169. The number of hydrogen-bond acceptors (Lipinski definition) is 6. The molecule has 2 aromatic heterocycles. The molecule has 1 aromatic carbocycles. The number of nitrogens with two attached hydrogens (primary N) is 1. The molecule has 0 bridgehead atoms. The van der Waals surface area contributed by atoms with E-state index in [2.05, 4.69) is 19.9 Å². The third-order valence-corrected chi connectivity index (χ3v) is 2.92. The SMILES string of the molecule is Nc1nc(Cc2ccccc2)c2nc(CO)cnc2n1. The quantitative estimate of drug-likeness (QED) is 0.737. The summed E-state index contributed by atoms with van der Waals surface area (Å²) in [6.07, 6.45) is 2.08. The monoisotopic (exact) mass is 267 g/mol. The molecule has 0 radical (unpaired) electrons. The van der Waals surface area contributed by atoms with Crippen LogP contribution in [-0.2, 0) is 13.0 Å². The summed E-state index contributed by atoms with van der Waals surface area (Å²) in [6, 6.07) is 9.90. The second-order valence-corrected chi connectivity index (χ2v) is 4.38. The van der Waals surface area contributed by atoms with Crippen LogP contribution in [0.1, 0.15) is 17.0 Å². The molecule has 3 rings (SSSR count). The second-order valence-electron chi connectivity index (χ2n) is 4.38. The van der Waals surface area contributed by atoms with E-state index in [0.717, 1.165) is 5.56 Å². The lowest BCUT2D eigenvalue weighted by Gasteiger charge is -2.06. The zero-order chi connectivity index (χ0) is 13.9. The molecule has 0 saturated carbocycles. The van der Waals surface area contributed by atoms with Gasteiger partial charge in [0.2, 0.25) is 5.95 Å². The van der Waals surface area contributed by atoms with Crippen molar-refractivity contribution in [2.75, 3.05) is 5.73 Å². The van der Waals surface area contributed by atoms with E-state index >= 15 is 0 Å². The summed E-state index contributed by atoms with van der Waals surface area (Å²) in [6.45, 7) is -0.169. The van der Waals surface area contributed by atoms with E-state index in [1.807, 2.05) is 30.3 Å². The van der Waals surface area contributed by atoms with Gasteiger partial charge in [-0.1, -0.05) is 30.3 Å². The molecule has 0 amide bonds. The van der Waals surface area contributed by atoms with Crippen LogP contribution in [-0.4, -0.2) is 25.0 Å². The van der Waals surface area contributed by atoms with Crippen molar-refractivity contribution in [2.45, 2.75) is 13.0 Å². The zero-order valence-electron chi connectivity index (χ0n) is 10.7. The molecule has 0 aliphatic heterocycles. The lowest BCUT2D eigenvalue weighted by atomic mass is 10.1. The fourth-order valence-corrected chi connectivity index (χ4v) is 2.01. The number of fused-ring (bicyclic) bond motifs is 1. The van der Waals surface area contributed by atoms with Gasteiger partial charge in [0.25, 0.3) is 0 Å². The molecule has 3 aromatic rings. The van der Waals surface area contributed by atoms with Crippen LogP contribution in [0.4, 0.5) is 5.95 Å². The molecule has 3 N–H and O–H groups in total. The number of aromatic nitrogens is 4. The highest BCUT2D eigenvalue weighted by Crippen LogP contribution is 2.16. The fourth-order valence-electron chi connectivity index (χ4n) is 2.01. The molecular weight excluding hydrogens is 254 g/mol. The van der Waals surface area contributed by atoms with Crippen molar-refractivity contribution in [2.24, 2.45) is 0 Å². The van der Waals surface area contributed by atoms with E-state index in [1.54, 1.807) is 0 Å². The number of rotatable bonds is 3. The Morgan fingerprint density at radius 1 is 1.05 bits per heavy atom.